The largest absolute Gasteiger partial charge is 0.481 e. The fourth-order valence-electron chi connectivity index (χ4n) is 5.66. The third kappa shape index (κ3) is 5.70. The molecule has 2 aromatic heterocycles. The van der Waals surface area contributed by atoms with Crippen LogP contribution in [0.5, 0.6) is 5.75 Å². The number of carbonyl (C=O) groups is 3. The summed E-state index contributed by atoms with van der Waals surface area (Å²) in [5.74, 6) is -0.591. The summed E-state index contributed by atoms with van der Waals surface area (Å²) in [6.45, 7) is -0.987. The van der Waals surface area contributed by atoms with Crippen molar-refractivity contribution in [2.24, 2.45) is 11.8 Å². The maximum absolute atomic E-state index is 13.4. The maximum Gasteiger partial charge on any atom is 0.304 e. The number of pyridine rings is 1. The minimum absolute atomic E-state index is 0.0300. The van der Waals surface area contributed by atoms with Gasteiger partial charge in [0.25, 0.3) is 0 Å². The number of rotatable bonds is 10. The highest BCUT2D eigenvalue weighted by Crippen LogP contribution is 2.39. The van der Waals surface area contributed by atoms with Crippen molar-refractivity contribution in [3.8, 4) is 28.1 Å². The number of aromatic nitrogens is 2. The Hall–Kier alpha value is -3.86. The Morgan fingerprint density at radius 2 is 2.02 bits per heavy atom. The number of ether oxygens (including phenoxy) is 1. The van der Waals surface area contributed by atoms with Crippen molar-refractivity contribution in [3.05, 3.63) is 41.4 Å². The van der Waals surface area contributed by atoms with Gasteiger partial charge in [-0.3, -0.25) is 24.2 Å². The van der Waals surface area contributed by atoms with Crippen LogP contribution in [0.15, 0.2) is 35.8 Å². The van der Waals surface area contributed by atoms with Crippen LogP contribution in [-0.2, 0) is 20.8 Å². The molecule has 5 rings (SSSR count). The van der Waals surface area contributed by atoms with Crippen LogP contribution in [0.1, 0.15) is 44.1 Å². The molecule has 2 aliphatic rings. The van der Waals surface area contributed by atoms with Crippen LogP contribution in [-0.4, -0.2) is 53.8 Å². The van der Waals surface area contributed by atoms with E-state index in [1.54, 1.807) is 43.9 Å². The van der Waals surface area contributed by atoms with E-state index in [1.807, 2.05) is 6.07 Å². The number of hydrogen-bond donors (Lipinski definition) is 1. The highest BCUT2D eigenvalue weighted by molar-refractivity contribution is 7.14. The Morgan fingerprint density at radius 3 is 2.75 bits per heavy atom. The predicted molar refractivity (Wildman–Crippen MR) is 150 cm³/mol. The molecule has 1 aromatic carbocycles. The number of alkyl halides is 1. The fourth-order valence-corrected chi connectivity index (χ4v) is 6.46. The van der Waals surface area contributed by atoms with E-state index in [2.05, 4.69) is 4.98 Å². The van der Waals surface area contributed by atoms with E-state index in [1.165, 1.54) is 21.1 Å². The molecule has 1 aliphatic carbocycles. The van der Waals surface area contributed by atoms with Gasteiger partial charge in [0.05, 0.1) is 18.5 Å². The zero-order valence-corrected chi connectivity index (χ0v) is 23.2. The number of amides is 2. The van der Waals surface area contributed by atoms with E-state index in [0.29, 0.717) is 40.3 Å². The van der Waals surface area contributed by atoms with Crippen LogP contribution in [0.2, 0.25) is 0 Å². The minimum Gasteiger partial charge on any atom is -0.481 e. The second-order valence-corrected chi connectivity index (χ2v) is 11.2. The molecule has 1 fully saturated rings. The lowest BCUT2D eigenvalue weighted by Crippen LogP contribution is -2.35. The third-order valence-corrected chi connectivity index (χ3v) is 8.67. The molecule has 1 atom stereocenters. The van der Waals surface area contributed by atoms with Crippen LogP contribution in [0.4, 0.5) is 15.3 Å². The van der Waals surface area contributed by atoms with E-state index in [-0.39, 0.29) is 24.7 Å². The standard InChI is InChI=1S/C29H31FN4O5S/c1-33-25(35)11-18-10-20(14-31-27(18)33)22-8-7-21(39-16-30)13-23(22)24-15-40-29(32-24)34(2)28(38)19(12-26(36)37)9-17-5-3-4-6-17/h7-8,10,13-15,17,19H,3-6,9,11-12,16H2,1-2H3,(H,36,37)/t19-/m1/s1. The summed E-state index contributed by atoms with van der Waals surface area (Å²) < 4.78 is 18.1. The molecule has 0 radical (unpaired) electrons. The molecule has 9 nitrogen and oxygen atoms in total. The SMILES string of the molecule is CN(C(=O)[C@@H](CC(=O)O)CC1CCCC1)c1nc(-c2cc(OCF)ccc2-c2cnc3c(c2)CC(=O)N3C)cs1. The highest BCUT2D eigenvalue weighted by atomic mass is 32.1. The first-order valence-corrected chi connectivity index (χ1v) is 14.2. The molecular formula is C29H31FN4O5S. The molecule has 0 unspecified atom stereocenters. The van der Waals surface area contributed by atoms with Gasteiger partial charge in [0, 0.05) is 48.3 Å². The Labute approximate surface area is 235 Å². The zero-order chi connectivity index (χ0) is 28.4. The summed E-state index contributed by atoms with van der Waals surface area (Å²) in [7, 11) is 3.31. The number of fused-ring (bicyclic) bond motifs is 1. The molecule has 11 heteroatoms. The zero-order valence-electron chi connectivity index (χ0n) is 22.4. The van der Waals surface area contributed by atoms with Crippen molar-refractivity contribution < 1.29 is 28.6 Å². The van der Waals surface area contributed by atoms with Crippen LogP contribution in [0.25, 0.3) is 22.4 Å². The van der Waals surface area contributed by atoms with Gasteiger partial charge in [-0.05, 0) is 42.2 Å². The summed E-state index contributed by atoms with van der Waals surface area (Å²) in [6.07, 6.45) is 6.57. The predicted octanol–water partition coefficient (Wildman–Crippen LogP) is 5.33. The Bertz CT molecular complexity index is 1440. The van der Waals surface area contributed by atoms with Gasteiger partial charge in [-0.1, -0.05) is 25.7 Å². The van der Waals surface area contributed by atoms with Gasteiger partial charge >= 0.3 is 5.97 Å². The molecule has 1 N–H and O–H groups in total. The number of benzene rings is 1. The molecule has 1 aliphatic heterocycles. The molecule has 3 heterocycles. The number of carboxylic acids is 1. The van der Waals surface area contributed by atoms with Gasteiger partial charge in [-0.2, -0.15) is 0 Å². The van der Waals surface area contributed by atoms with Crippen molar-refractivity contribution in [3.63, 3.8) is 0 Å². The monoisotopic (exact) mass is 566 g/mol. The number of carboxylic acid groups (broad SMARTS) is 1. The Morgan fingerprint density at radius 1 is 1.25 bits per heavy atom. The number of carbonyl (C=O) groups excluding carboxylic acids is 2. The summed E-state index contributed by atoms with van der Waals surface area (Å²) in [5.41, 5.74) is 3.55. The summed E-state index contributed by atoms with van der Waals surface area (Å²) >= 11 is 1.27. The van der Waals surface area contributed by atoms with Crippen LogP contribution in [0.3, 0.4) is 0 Å². The number of aliphatic carboxylic acids is 1. The topological polar surface area (TPSA) is 113 Å². The van der Waals surface area contributed by atoms with Gasteiger partial charge in [0.1, 0.15) is 11.6 Å². The lowest BCUT2D eigenvalue weighted by molar-refractivity contribution is -0.140. The summed E-state index contributed by atoms with van der Waals surface area (Å²) in [5, 5.41) is 11.7. The maximum atomic E-state index is 13.4. The van der Waals surface area contributed by atoms with Gasteiger partial charge in [-0.15, -0.1) is 11.3 Å². The molecular weight excluding hydrogens is 535 g/mol. The first-order chi connectivity index (χ1) is 19.2. The number of anilines is 2. The van der Waals surface area contributed by atoms with E-state index in [9.17, 15) is 23.9 Å². The van der Waals surface area contributed by atoms with E-state index >= 15 is 0 Å². The van der Waals surface area contributed by atoms with Crippen molar-refractivity contribution in [1.29, 1.82) is 0 Å². The molecule has 40 heavy (non-hydrogen) atoms. The number of hydrogen-bond acceptors (Lipinski definition) is 7. The summed E-state index contributed by atoms with van der Waals surface area (Å²) in [4.78, 5) is 49.3. The van der Waals surface area contributed by atoms with Crippen LogP contribution in [0, 0.1) is 11.8 Å². The average Bonchev–Trinajstić information content (AvgIpc) is 3.69. The summed E-state index contributed by atoms with van der Waals surface area (Å²) in [6, 6.07) is 7.06. The number of thiazole rings is 1. The lowest BCUT2D eigenvalue weighted by Gasteiger charge is -2.23. The Kier molecular flexibility index (Phi) is 8.11. The van der Waals surface area contributed by atoms with Crippen molar-refractivity contribution >= 4 is 40.1 Å². The normalized spacial score (nSPS) is 15.8. The first-order valence-electron chi connectivity index (χ1n) is 13.3. The highest BCUT2D eigenvalue weighted by Gasteiger charge is 2.31. The number of nitrogens with zero attached hydrogens (tertiary/aromatic N) is 4. The van der Waals surface area contributed by atoms with Crippen molar-refractivity contribution in [2.45, 2.75) is 44.9 Å². The van der Waals surface area contributed by atoms with E-state index in [0.717, 1.165) is 42.4 Å². The minimum atomic E-state index is -0.991. The first kappa shape index (κ1) is 27.7. The van der Waals surface area contributed by atoms with Crippen molar-refractivity contribution in [1.82, 2.24) is 9.97 Å². The molecule has 0 saturated heterocycles. The molecule has 1 saturated carbocycles. The van der Waals surface area contributed by atoms with Gasteiger partial charge < -0.3 is 9.84 Å². The number of likely N-dealkylation sites (N-methyl/N-ethyl adjacent to an activating group) is 1. The van der Waals surface area contributed by atoms with E-state index in [4.69, 9.17) is 9.72 Å². The second-order valence-electron chi connectivity index (χ2n) is 10.4. The lowest BCUT2D eigenvalue weighted by atomic mass is 9.90. The number of halogens is 1. The van der Waals surface area contributed by atoms with Crippen molar-refractivity contribution in [2.75, 3.05) is 30.8 Å². The molecule has 0 spiro atoms. The van der Waals surface area contributed by atoms with Crippen LogP contribution < -0.4 is 14.5 Å². The van der Waals surface area contributed by atoms with E-state index < -0.39 is 18.7 Å². The van der Waals surface area contributed by atoms with Crippen LogP contribution >= 0.6 is 11.3 Å². The molecule has 210 valence electrons. The fraction of sp³-hybridized carbons (Fsp3) is 0.414. The van der Waals surface area contributed by atoms with Gasteiger partial charge in [-0.25, -0.2) is 14.4 Å². The van der Waals surface area contributed by atoms with Gasteiger partial charge in [0.2, 0.25) is 18.7 Å². The third-order valence-electron chi connectivity index (χ3n) is 7.75. The molecule has 3 aromatic rings. The van der Waals surface area contributed by atoms with Gasteiger partial charge in [0.15, 0.2) is 5.13 Å². The molecule has 0 bridgehead atoms. The molecule has 2 amide bonds. The Balaban J connectivity index is 1.45. The smallest absolute Gasteiger partial charge is 0.304 e. The quantitative estimate of drug-likeness (QED) is 0.353. The second kappa shape index (κ2) is 11.7. The average molecular weight is 567 g/mol.